The van der Waals surface area contributed by atoms with E-state index in [2.05, 4.69) is 10.3 Å². The number of benzene rings is 2. The highest BCUT2D eigenvalue weighted by Crippen LogP contribution is 2.37. The number of nitro benzene ring substituents is 1. The summed E-state index contributed by atoms with van der Waals surface area (Å²) in [7, 11) is 0. The second kappa shape index (κ2) is 8.93. The number of hydrogen-bond donors (Lipinski definition) is 1. The minimum absolute atomic E-state index is 0.127. The number of nitro groups is 1. The van der Waals surface area contributed by atoms with Crippen molar-refractivity contribution < 1.29 is 22.9 Å². The van der Waals surface area contributed by atoms with Crippen LogP contribution in [0.2, 0.25) is 0 Å². The second-order valence-electron chi connectivity index (χ2n) is 7.73. The maximum atomic E-state index is 12.9. The highest BCUT2D eigenvalue weighted by Gasteiger charge is 2.35. The van der Waals surface area contributed by atoms with Gasteiger partial charge in [0.2, 0.25) is 5.91 Å². The van der Waals surface area contributed by atoms with Gasteiger partial charge in [-0.3, -0.25) is 14.9 Å². The molecule has 3 aromatic rings. The molecule has 0 bridgehead atoms. The van der Waals surface area contributed by atoms with Gasteiger partial charge in [0.15, 0.2) is 0 Å². The van der Waals surface area contributed by atoms with Crippen LogP contribution >= 0.6 is 0 Å². The fraction of sp³-hybridized carbons (Fsp3) is 0.273. The van der Waals surface area contributed by atoms with Crippen molar-refractivity contribution in [2.24, 2.45) is 5.92 Å². The minimum atomic E-state index is -4.66. The Morgan fingerprint density at radius 2 is 1.82 bits per heavy atom. The molecule has 2 heterocycles. The molecular weight excluding hydrogens is 439 g/mol. The Morgan fingerprint density at radius 1 is 1.12 bits per heavy atom. The average molecular weight is 459 g/mol. The van der Waals surface area contributed by atoms with E-state index in [0.29, 0.717) is 37.7 Å². The molecule has 11 heteroatoms. The summed E-state index contributed by atoms with van der Waals surface area (Å²) in [5.74, 6) is -0.463. The third-order valence-electron chi connectivity index (χ3n) is 5.64. The van der Waals surface area contributed by atoms with Gasteiger partial charge in [0, 0.05) is 48.8 Å². The van der Waals surface area contributed by atoms with Gasteiger partial charge in [-0.15, -0.1) is 0 Å². The van der Waals surface area contributed by atoms with E-state index in [1.165, 1.54) is 0 Å². The lowest BCUT2D eigenvalue weighted by molar-refractivity contribution is -0.384. The summed E-state index contributed by atoms with van der Waals surface area (Å²) >= 11 is 0. The molecule has 2 aromatic carbocycles. The summed E-state index contributed by atoms with van der Waals surface area (Å²) in [6.07, 6.45) is 1.34. The number of carbonyl (C=O) groups is 1. The van der Waals surface area contributed by atoms with Crippen LogP contribution in [0.5, 0.6) is 0 Å². The van der Waals surface area contributed by atoms with Crippen LogP contribution in [0.3, 0.4) is 0 Å². The smallest absolute Gasteiger partial charge is 0.366 e. The Morgan fingerprint density at radius 3 is 2.39 bits per heavy atom. The quantitative estimate of drug-likeness (QED) is 0.443. The molecule has 1 aliphatic heterocycles. The zero-order chi connectivity index (χ0) is 23.6. The Kier molecular flexibility index (Phi) is 6.03. The summed E-state index contributed by atoms with van der Waals surface area (Å²) < 4.78 is 40.6. The minimum Gasteiger partial charge on any atom is -0.366 e. The number of amides is 1. The Hall–Kier alpha value is -3.89. The van der Waals surface area contributed by atoms with Crippen molar-refractivity contribution in [3.8, 4) is 5.69 Å². The van der Waals surface area contributed by atoms with Crippen LogP contribution in [0.4, 0.5) is 30.2 Å². The van der Waals surface area contributed by atoms with E-state index in [-0.39, 0.29) is 17.5 Å². The number of anilines is 2. The third kappa shape index (κ3) is 4.97. The summed E-state index contributed by atoms with van der Waals surface area (Å²) in [5.41, 5.74) is 0.0144. The van der Waals surface area contributed by atoms with Gasteiger partial charge >= 0.3 is 6.18 Å². The SMILES string of the molecule is O=C(Nc1ccc(-n2ccnc2)cc1)C1CCN(c2ccc(C(F)(F)F)cc2[N+](=O)[O-])CC1. The van der Waals surface area contributed by atoms with Crippen molar-refractivity contribution in [1.29, 1.82) is 0 Å². The maximum absolute atomic E-state index is 12.9. The van der Waals surface area contributed by atoms with Crippen LogP contribution in [-0.4, -0.2) is 33.5 Å². The van der Waals surface area contributed by atoms with Crippen molar-refractivity contribution in [3.63, 3.8) is 0 Å². The molecule has 1 amide bonds. The van der Waals surface area contributed by atoms with E-state index >= 15 is 0 Å². The maximum Gasteiger partial charge on any atom is 0.416 e. The Bertz CT molecular complexity index is 1140. The summed E-state index contributed by atoms with van der Waals surface area (Å²) in [5, 5.41) is 14.2. The van der Waals surface area contributed by atoms with Crippen molar-refractivity contribution >= 4 is 23.0 Å². The fourth-order valence-electron chi connectivity index (χ4n) is 3.87. The van der Waals surface area contributed by atoms with Crippen LogP contribution in [0, 0.1) is 16.0 Å². The van der Waals surface area contributed by atoms with E-state index in [9.17, 15) is 28.1 Å². The average Bonchev–Trinajstić information content (AvgIpc) is 3.33. The van der Waals surface area contributed by atoms with Crippen LogP contribution in [0.25, 0.3) is 5.69 Å². The molecule has 8 nitrogen and oxygen atoms in total. The van der Waals surface area contributed by atoms with E-state index in [0.717, 1.165) is 17.8 Å². The largest absolute Gasteiger partial charge is 0.416 e. The molecule has 0 saturated carbocycles. The van der Waals surface area contributed by atoms with E-state index in [1.54, 1.807) is 29.6 Å². The summed E-state index contributed by atoms with van der Waals surface area (Å²) in [6, 6.07) is 9.80. The molecule has 1 fully saturated rings. The van der Waals surface area contributed by atoms with Crippen LogP contribution in [-0.2, 0) is 11.0 Å². The van der Waals surface area contributed by atoms with Gasteiger partial charge in [0.1, 0.15) is 5.69 Å². The molecule has 33 heavy (non-hydrogen) atoms. The second-order valence-corrected chi connectivity index (χ2v) is 7.73. The molecule has 1 saturated heterocycles. The lowest BCUT2D eigenvalue weighted by Gasteiger charge is -2.32. The monoisotopic (exact) mass is 459 g/mol. The molecular formula is C22H20F3N5O3. The van der Waals surface area contributed by atoms with Crippen LogP contribution in [0.15, 0.2) is 61.2 Å². The molecule has 1 aromatic heterocycles. The molecule has 0 aliphatic carbocycles. The Balaban J connectivity index is 1.38. The molecule has 172 valence electrons. The van der Waals surface area contributed by atoms with Crippen molar-refractivity contribution in [2.75, 3.05) is 23.3 Å². The number of nitrogens with one attached hydrogen (secondary N) is 1. The van der Waals surface area contributed by atoms with Gasteiger partial charge in [0.05, 0.1) is 16.8 Å². The number of hydrogen-bond acceptors (Lipinski definition) is 5. The number of alkyl halides is 3. The zero-order valence-corrected chi connectivity index (χ0v) is 17.3. The number of imidazole rings is 1. The van der Waals surface area contributed by atoms with Crippen molar-refractivity contribution in [3.05, 3.63) is 76.9 Å². The van der Waals surface area contributed by atoms with E-state index in [4.69, 9.17) is 0 Å². The summed E-state index contributed by atoms with van der Waals surface area (Å²) in [6.45, 7) is 0.647. The summed E-state index contributed by atoms with van der Waals surface area (Å²) in [4.78, 5) is 28.9. The lowest BCUT2D eigenvalue weighted by atomic mass is 9.95. The standard InChI is InChI=1S/C22H20F3N5O3/c23-22(24,25)16-1-6-19(20(13-16)30(32)33)28-10-7-15(8-11-28)21(31)27-17-2-4-18(5-3-17)29-12-9-26-14-29/h1-6,9,12-15H,7-8,10-11H2,(H,27,31). The van der Waals surface area contributed by atoms with Gasteiger partial charge in [-0.1, -0.05) is 0 Å². The lowest BCUT2D eigenvalue weighted by Crippen LogP contribution is -2.38. The fourth-order valence-corrected chi connectivity index (χ4v) is 3.87. The number of carbonyl (C=O) groups excluding carboxylic acids is 1. The van der Waals surface area contributed by atoms with E-state index in [1.807, 2.05) is 22.9 Å². The molecule has 1 N–H and O–H groups in total. The first-order valence-electron chi connectivity index (χ1n) is 10.2. The third-order valence-corrected chi connectivity index (χ3v) is 5.64. The number of halogens is 3. The zero-order valence-electron chi connectivity index (χ0n) is 17.3. The van der Waals surface area contributed by atoms with Gasteiger partial charge in [-0.2, -0.15) is 13.2 Å². The molecule has 0 radical (unpaired) electrons. The number of rotatable bonds is 5. The molecule has 4 rings (SSSR count). The molecule has 0 unspecified atom stereocenters. The van der Waals surface area contributed by atoms with Crippen molar-refractivity contribution in [2.45, 2.75) is 19.0 Å². The molecule has 0 spiro atoms. The first-order chi connectivity index (χ1) is 15.7. The van der Waals surface area contributed by atoms with Crippen LogP contribution < -0.4 is 10.2 Å². The topological polar surface area (TPSA) is 93.3 Å². The van der Waals surface area contributed by atoms with Crippen molar-refractivity contribution in [1.82, 2.24) is 9.55 Å². The van der Waals surface area contributed by atoms with E-state index < -0.39 is 22.4 Å². The van der Waals surface area contributed by atoms with Gasteiger partial charge in [0.25, 0.3) is 5.69 Å². The highest BCUT2D eigenvalue weighted by molar-refractivity contribution is 5.92. The first kappa shape index (κ1) is 22.3. The number of aromatic nitrogens is 2. The van der Waals surface area contributed by atoms with Gasteiger partial charge in [-0.05, 0) is 49.2 Å². The molecule has 0 atom stereocenters. The van der Waals surface area contributed by atoms with Gasteiger partial charge < -0.3 is 14.8 Å². The number of piperidine rings is 1. The molecule has 1 aliphatic rings. The number of nitrogens with zero attached hydrogens (tertiary/aromatic N) is 4. The normalized spacial score (nSPS) is 14.8. The van der Waals surface area contributed by atoms with Gasteiger partial charge in [-0.25, -0.2) is 4.98 Å². The Labute approximate surface area is 186 Å². The predicted molar refractivity (Wildman–Crippen MR) is 115 cm³/mol. The predicted octanol–water partition coefficient (Wildman–Crippen LogP) is 4.65. The van der Waals surface area contributed by atoms with Crippen LogP contribution in [0.1, 0.15) is 18.4 Å². The highest BCUT2D eigenvalue weighted by atomic mass is 19.4. The first-order valence-corrected chi connectivity index (χ1v) is 10.2.